The number of nitrogens with zero attached hydrogens (tertiary/aromatic N) is 2. The molecule has 2 aliphatic heterocycles. The van der Waals surface area contributed by atoms with E-state index in [0.717, 1.165) is 50.7 Å². The summed E-state index contributed by atoms with van der Waals surface area (Å²) in [5.74, 6) is -5.10. The minimum absolute atomic E-state index is 0.503. The van der Waals surface area contributed by atoms with Gasteiger partial charge in [-0.2, -0.15) is 0 Å². The van der Waals surface area contributed by atoms with Gasteiger partial charge in [0.15, 0.2) is 13.2 Å². The number of ether oxygens (including phenoxy) is 2. The number of ketones is 2. The summed E-state index contributed by atoms with van der Waals surface area (Å²) in [6.07, 6.45) is 6.77. The molecule has 0 saturated carbocycles. The SMILES string of the molecule is O=C(/C=C/C(=O)OCC(=O)C(=O)N1CCCCC1)OCC(=O)C(=O)N1CCCCC1. The highest BCUT2D eigenvalue weighted by Gasteiger charge is 2.25. The van der Waals surface area contributed by atoms with Gasteiger partial charge in [0.2, 0.25) is 0 Å². The molecule has 0 spiro atoms. The number of piperidine rings is 2. The molecule has 0 aromatic rings. The molecule has 2 heterocycles. The Morgan fingerprint density at radius 2 is 0.900 bits per heavy atom. The van der Waals surface area contributed by atoms with Crippen LogP contribution in [0.4, 0.5) is 0 Å². The second-order valence-electron chi connectivity index (χ2n) is 7.10. The number of likely N-dealkylation sites (tertiary alicyclic amines) is 2. The predicted octanol–water partition coefficient (Wildman–Crippen LogP) is -0.208. The topological polar surface area (TPSA) is 127 Å². The number of hydrogen-bond donors (Lipinski definition) is 0. The van der Waals surface area contributed by atoms with Gasteiger partial charge in [0.05, 0.1) is 0 Å². The van der Waals surface area contributed by atoms with E-state index in [2.05, 4.69) is 9.47 Å². The third-order valence-electron chi connectivity index (χ3n) is 4.81. The lowest BCUT2D eigenvalue weighted by Gasteiger charge is -2.25. The first kappa shape index (κ1) is 23.2. The van der Waals surface area contributed by atoms with E-state index in [1.807, 2.05) is 0 Å². The Kier molecular flexibility index (Phi) is 9.17. The molecule has 0 bridgehead atoms. The molecular formula is C20H26N2O8. The predicted molar refractivity (Wildman–Crippen MR) is 102 cm³/mol. The van der Waals surface area contributed by atoms with Gasteiger partial charge in [-0.3, -0.25) is 19.2 Å². The lowest BCUT2D eigenvalue weighted by atomic mass is 10.1. The summed E-state index contributed by atoms with van der Waals surface area (Å²) in [6, 6.07) is 0. The maximum Gasteiger partial charge on any atom is 0.331 e. The molecule has 2 aliphatic rings. The van der Waals surface area contributed by atoms with Crippen LogP contribution < -0.4 is 0 Å². The number of Topliss-reactive ketones (excluding diaryl/α,β-unsaturated/α-hetero) is 2. The third-order valence-corrected chi connectivity index (χ3v) is 4.81. The Labute approximate surface area is 174 Å². The molecule has 0 unspecified atom stereocenters. The van der Waals surface area contributed by atoms with Gasteiger partial charge in [0.1, 0.15) is 0 Å². The van der Waals surface area contributed by atoms with Crippen LogP contribution in [0.2, 0.25) is 0 Å². The van der Waals surface area contributed by atoms with E-state index < -0.39 is 48.5 Å². The molecule has 2 fully saturated rings. The molecule has 0 aliphatic carbocycles. The number of rotatable bonds is 8. The summed E-state index contributed by atoms with van der Waals surface area (Å²) < 4.78 is 9.30. The molecule has 30 heavy (non-hydrogen) atoms. The van der Waals surface area contributed by atoms with Crippen LogP contribution in [0.1, 0.15) is 38.5 Å². The van der Waals surface area contributed by atoms with Crippen LogP contribution in [0.25, 0.3) is 0 Å². The Morgan fingerprint density at radius 1 is 0.567 bits per heavy atom. The summed E-state index contributed by atoms with van der Waals surface area (Å²) in [6.45, 7) is 0.561. The van der Waals surface area contributed by atoms with E-state index in [0.29, 0.717) is 26.2 Å². The minimum atomic E-state index is -1.01. The number of hydrogen-bond acceptors (Lipinski definition) is 8. The van der Waals surface area contributed by atoms with Crippen LogP contribution in [-0.2, 0) is 38.2 Å². The molecule has 0 radical (unpaired) electrons. The van der Waals surface area contributed by atoms with Crippen molar-refractivity contribution in [3.05, 3.63) is 12.2 Å². The number of esters is 2. The van der Waals surface area contributed by atoms with E-state index in [1.165, 1.54) is 9.80 Å². The first-order valence-electron chi connectivity index (χ1n) is 10.0. The van der Waals surface area contributed by atoms with Crippen molar-refractivity contribution in [2.45, 2.75) is 38.5 Å². The van der Waals surface area contributed by atoms with Crippen molar-refractivity contribution in [3.8, 4) is 0 Å². The fourth-order valence-electron chi connectivity index (χ4n) is 3.18. The molecule has 0 aromatic carbocycles. The second-order valence-corrected chi connectivity index (χ2v) is 7.10. The van der Waals surface area contributed by atoms with Gasteiger partial charge in [-0.05, 0) is 38.5 Å². The van der Waals surface area contributed by atoms with Gasteiger partial charge < -0.3 is 19.3 Å². The monoisotopic (exact) mass is 422 g/mol. The lowest BCUT2D eigenvalue weighted by molar-refractivity contribution is -0.152. The normalized spacial score (nSPS) is 16.8. The van der Waals surface area contributed by atoms with Crippen LogP contribution in [0.3, 0.4) is 0 Å². The Morgan fingerprint density at radius 3 is 1.23 bits per heavy atom. The zero-order chi connectivity index (χ0) is 21.9. The average molecular weight is 422 g/mol. The summed E-state index contributed by atoms with van der Waals surface area (Å²) in [5.41, 5.74) is 0. The van der Waals surface area contributed by atoms with Crippen molar-refractivity contribution in [2.24, 2.45) is 0 Å². The molecule has 10 heteroatoms. The molecule has 0 N–H and O–H groups in total. The second kappa shape index (κ2) is 11.8. The molecule has 2 amide bonds. The zero-order valence-electron chi connectivity index (χ0n) is 16.8. The maximum absolute atomic E-state index is 11.9. The lowest BCUT2D eigenvalue weighted by Crippen LogP contribution is -2.41. The van der Waals surface area contributed by atoms with Gasteiger partial charge in [-0.25, -0.2) is 9.59 Å². The van der Waals surface area contributed by atoms with Crippen molar-refractivity contribution < 1.29 is 38.2 Å². The highest BCUT2D eigenvalue weighted by Crippen LogP contribution is 2.10. The molecule has 0 aromatic heterocycles. The fourth-order valence-corrected chi connectivity index (χ4v) is 3.18. The van der Waals surface area contributed by atoms with Crippen molar-refractivity contribution in [1.82, 2.24) is 9.80 Å². The molecular weight excluding hydrogens is 396 g/mol. The van der Waals surface area contributed by atoms with Gasteiger partial charge in [-0.15, -0.1) is 0 Å². The van der Waals surface area contributed by atoms with Gasteiger partial charge >= 0.3 is 11.9 Å². The largest absolute Gasteiger partial charge is 0.454 e. The highest BCUT2D eigenvalue weighted by atomic mass is 16.5. The van der Waals surface area contributed by atoms with E-state index >= 15 is 0 Å². The summed E-state index contributed by atoms with van der Waals surface area (Å²) in [7, 11) is 0. The summed E-state index contributed by atoms with van der Waals surface area (Å²) in [5, 5.41) is 0. The summed E-state index contributed by atoms with van der Waals surface area (Å²) >= 11 is 0. The molecule has 2 rings (SSSR count). The zero-order valence-corrected chi connectivity index (χ0v) is 16.8. The smallest absolute Gasteiger partial charge is 0.331 e. The Balaban J connectivity index is 1.66. The van der Waals surface area contributed by atoms with Crippen LogP contribution in [0, 0.1) is 0 Å². The molecule has 2 saturated heterocycles. The van der Waals surface area contributed by atoms with Gasteiger partial charge in [0, 0.05) is 38.3 Å². The molecule has 0 atom stereocenters. The van der Waals surface area contributed by atoms with Crippen LogP contribution in [-0.4, -0.2) is 84.5 Å². The quantitative estimate of drug-likeness (QED) is 0.299. The standard InChI is InChI=1S/C20H26N2O8/c23-15(19(27)21-9-3-1-4-10-21)13-29-17(25)7-8-18(26)30-14-16(24)20(28)22-11-5-2-6-12-22/h7-8H,1-6,9-14H2/b8-7+. The first-order chi connectivity index (χ1) is 14.4. The third kappa shape index (κ3) is 7.41. The van der Waals surface area contributed by atoms with E-state index in [9.17, 15) is 28.8 Å². The number of carbonyl (C=O) groups is 6. The van der Waals surface area contributed by atoms with E-state index in [-0.39, 0.29) is 0 Å². The molecule has 10 nitrogen and oxygen atoms in total. The van der Waals surface area contributed by atoms with Crippen molar-refractivity contribution >= 4 is 35.3 Å². The van der Waals surface area contributed by atoms with Gasteiger partial charge in [-0.1, -0.05) is 0 Å². The Hall–Kier alpha value is -3.04. The molecule has 164 valence electrons. The summed E-state index contributed by atoms with van der Waals surface area (Å²) in [4.78, 5) is 73.5. The van der Waals surface area contributed by atoms with Crippen LogP contribution in [0.15, 0.2) is 12.2 Å². The van der Waals surface area contributed by atoms with Crippen LogP contribution in [0.5, 0.6) is 0 Å². The van der Waals surface area contributed by atoms with E-state index in [4.69, 9.17) is 0 Å². The van der Waals surface area contributed by atoms with Crippen molar-refractivity contribution in [2.75, 3.05) is 39.4 Å². The Bertz CT molecular complexity index is 658. The van der Waals surface area contributed by atoms with Gasteiger partial charge in [0.25, 0.3) is 23.4 Å². The van der Waals surface area contributed by atoms with Crippen LogP contribution >= 0.6 is 0 Å². The fraction of sp³-hybridized carbons (Fsp3) is 0.600. The minimum Gasteiger partial charge on any atom is -0.454 e. The van der Waals surface area contributed by atoms with Crippen molar-refractivity contribution in [3.63, 3.8) is 0 Å². The first-order valence-corrected chi connectivity index (χ1v) is 10.0. The average Bonchev–Trinajstić information content (AvgIpc) is 2.79. The number of carbonyl (C=O) groups excluding carboxylic acids is 6. The van der Waals surface area contributed by atoms with E-state index in [1.54, 1.807) is 0 Å². The maximum atomic E-state index is 11.9. The van der Waals surface area contributed by atoms with Crippen molar-refractivity contribution in [1.29, 1.82) is 0 Å². The highest BCUT2D eigenvalue weighted by molar-refractivity contribution is 6.37. The number of amides is 2.